The number of carbonyl (C=O) groups is 2. The van der Waals surface area contributed by atoms with Crippen LogP contribution in [-0.2, 0) is 19.1 Å². The van der Waals surface area contributed by atoms with E-state index in [1.165, 1.54) is 12.5 Å². The zero-order valence-corrected chi connectivity index (χ0v) is 13.3. The van der Waals surface area contributed by atoms with E-state index in [2.05, 4.69) is 13.5 Å². The second-order valence-electron chi connectivity index (χ2n) is 6.63. The van der Waals surface area contributed by atoms with Gasteiger partial charge in [-0.15, -0.1) is 0 Å². The lowest BCUT2D eigenvalue weighted by molar-refractivity contribution is -0.171. The predicted octanol–water partition coefficient (Wildman–Crippen LogP) is 3.25. The first-order valence-electron chi connectivity index (χ1n) is 7.90. The topological polar surface area (TPSA) is 52.6 Å². The molecule has 2 aliphatic rings. The summed E-state index contributed by atoms with van der Waals surface area (Å²) < 4.78 is 10.5. The van der Waals surface area contributed by atoms with E-state index in [0.717, 1.165) is 32.1 Å². The van der Waals surface area contributed by atoms with Crippen molar-refractivity contribution < 1.29 is 19.1 Å². The third-order valence-electron chi connectivity index (χ3n) is 5.11. The van der Waals surface area contributed by atoms with Crippen molar-refractivity contribution in [2.45, 2.75) is 59.0 Å². The highest BCUT2D eigenvalue weighted by atomic mass is 16.6. The summed E-state index contributed by atoms with van der Waals surface area (Å²) in [6.45, 7) is 9.91. The van der Waals surface area contributed by atoms with Gasteiger partial charge < -0.3 is 9.47 Å². The minimum atomic E-state index is -0.788. The summed E-state index contributed by atoms with van der Waals surface area (Å²) >= 11 is 0. The van der Waals surface area contributed by atoms with Crippen LogP contribution in [0.25, 0.3) is 0 Å². The van der Waals surface area contributed by atoms with Crippen LogP contribution in [0.4, 0.5) is 0 Å². The molecule has 0 aromatic heterocycles. The van der Waals surface area contributed by atoms with Gasteiger partial charge in [0.2, 0.25) is 6.10 Å². The Balaban J connectivity index is 2.25. The van der Waals surface area contributed by atoms with Gasteiger partial charge in [0.1, 0.15) is 0 Å². The summed E-state index contributed by atoms with van der Waals surface area (Å²) in [7, 11) is 0. The van der Waals surface area contributed by atoms with E-state index in [1.807, 2.05) is 0 Å². The molecule has 0 radical (unpaired) electrons. The SMILES string of the molecule is C=C1CCC[C@@]2(C)CC[C@H]([C@H](OC(C)=O)C(=O)OCC)[C@@H]12. The van der Waals surface area contributed by atoms with Crippen LogP contribution in [0.5, 0.6) is 0 Å². The van der Waals surface area contributed by atoms with Gasteiger partial charge in [0, 0.05) is 12.8 Å². The van der Waals surface area contributed by atoms with E-state index >= 15 is 0 Å². The fourth-order valence-corrected chi connectivity index (χ4v) is 4.33. The highest BCUT2D eigenvalue weighted by Gasteiger charge is 2.52. The molecule has 4 nitrogen and oxygen atoms in total. The molecule has 0 bridgehead atoms. The Morgan fingerprint density at radius 2 is 2.14 bits per heavy atom. The van der Waals surface area contributed by atoms with Gasteiger partial charge in [-0.1, -0.05) is 19.1 Å². The number of hydrogen-bond donors (Lipinski definition) is 0. The Labute approximate surface area is 126 Å². The first kappa shape index (κ1) is 16.1. The van der Waals surface area contributed by atoms with Crippen molar-refractivity contribution in [2.24, 2.45) is 17.3 Å². The van der Waals surface area contributed by atoms with E-state index in [0.29, 0.717) is 6.61 Å². The molecular weight excluding hydrogens is 268 g/mol. The molecule has 2 aliphatic carbocycles. The van der Waals surface area contributed by atoms with Gasteiger partial charge in [-0.05, 0) is 50.4 Å². The zero-order chi connectivity index (χ0) is 15.6. The lowest BCUT2D eigenvalue weighted by atomic mass is 9.65. The van der Waals surface area contributed by atoms with Gasteiger partial charge in [-0.2, -0.15) is 0 Å². The summed E-state index contributed by atoms with van der Waals surface area (Å²) in [6, 6.07) is 0. The van der Waals surface area contributed by atoms with Crippen LogP contribution in [0.3, 0.4) is 0 Å². The molecule has 0 unspecified atom stereocenters. The third-order valence-corrected chi connectivity index (χ3v) is 5.11. The Bertz CT molecular complexity index is 442. The van der Waals surface area contributed by atoms with E-state index in [-0.39, 0.29) is 17.3 Å². The zero-order valence-electron chi connectivity index (χ0n) is 13.3. The van der Waals surface area contributed by atoms with E-state index in [4.69, 9.17) is 9.47 Å². The smallest absolute Gasteiger partial charge is 0.347 e. The minimum absolute atomic E-state index is 0.00532. The molecule has 0 saturated heterocycles. The molecule has 118 valence electrons. The molecule has 4 atom stereocenters. The van der Waals surface area contributed by atoms with Crippen molar-refractivity contribution in [2.75, 3.05) is 6.61 Å². The summed E-state index contributed by atoms with van der Waals surface area (Å²) in [4.78, 5) is 23.6. The number of fused-ring (bicyclic) bond motifs is 1. The molecule has 2 saturated carbocycles. The molecule has 2 fully saturated rings. The van der Waals surface area contributed by atoms with E-state index in [1.54, 1.807) is 6.92 Å². The molecule has 0 spiro atoms. The van der Waals surface area contributed by atoms with Gasteiger partial charge in [0.15, 0.2) is 0 Å². The molecule has 0 amide bonds. The molecule has 21 heavy (non-hydrogen) atoms. The number of carbonyl (C=O) groups excluding carboxylic acids is 2. The van der Waals surface area contributed by atoms with Crippen molar-refractivity contribution >= 4 is 11.9 Å². The Morgan fingerprint density at radius 1 is 1.43 bits per heavy atom. The van der Waals surface area contributed by atoms with Gasteiger partial charge in [-0.3, -0.25) is 4.79 Å². The van der Waals surface area contributed by atoms with Crippen LogP contribution in [0.15, 0.2) is 12.2 Å². The van der Waals surface area contributed by atoms with Crippen molar-refractivity contribution in [3.63, 3.8) is 0 Å². The van der Waals surface area contributed by atoms with Crippen LogP contribution >= 0.6 is 0 Å². The Hall–Kier alpha value is -1.32. The summed E-state index contributed by atoms with van der Waals surface area (Å²) in [5, 5.41) is 0. The average molecular weight is 294 g/mol. The molecule has 0 N–H and O–H groups in total. The maximum absolute atomic E-state index is 12.2. The number of allylic oxidation sites excluding steroid dienone is 1. The van der Waals surface area contributed by atoms with Crippen LogP contribution in [0.2, 0.25) is 0 Å². The quantitative estimate of drug-likeness (QED) is 0.590. The normalized spacial score (nSPS) is 33.2. The lowest BCUT2D eigenvalue weighted by Gasteiger charge is -2.41. The minimum Gasteiger partial charge on any atom is -0.463 e. The summed E-state index contributed by atoms with van der Waals surface area (Å²) in [5.74, 6) is -0.589. The second-order valence-corrected chi connectivity index (χ2v) is 6.63. The Morgan fingerprint density at radius 3 is 2.76 bits per heavy atom. The van der Waals surface area contributed by atoms with Gasteiger partial charge in [0.25, 0.3) is 0 Å². The molecule has 0 aliphatic heterocycles. The second kappa shape index (κ2) is 6.20. The van der Waals surface area contributed by atoms with Crippen LogP contribution in [0.1, 0.15) is 52.9 Å². The van der Waals surface area contributed by atoms with E-state index in [9.17, 15) is 9.59 Å². The predicted molar refractivity (Wildman–Crippen MR) is 79.5 cm³/mol. The number of ether oxygens (including phenoxy) is 2. The highest BCUT2D eigenvalue weighted by Crippen LogP contribution is 2.57. The van der Waals surface area contributed by atoms with Gasteiger partial charge in [-0.25, -0.2) is 4.79 Å². The van der Waals surface area contributed by atoms with Crippen LogP contribution in [-0.4, -0.2) is 24.6 Å². The number of esters is 2. The molecule has 4 heteroatoms. The third kappa shape index (κ3) is 3.14. The summed E-state index contributed by atoms with van der Waals surface area (Å²) in [6.07, 6.45) is 4.48. The van der Waals surface area contributed by atoms with Gasteiger partial charge >= 0.3 is 11.9 Å². The van der Waals surface area contributed by atoms with Crippen molar-refractivity contribution in [1.29, 1.82) is 0 Å². The first-order chi connectivity index (χ1) is 9.89. The fraction of sp³-hybridized carbons (Fsp3) is 0.765. The Kier molecular flexibility index (Phi) is 4.74. The number of rotatable bonds is 4. The van der Waals surface area contributed by atoms with Crippen LogP contribution in [0, 0.1) is 17.3 Å². The van der Waals surface area contributed by atoms with E-state index < -0.39 is 18.0 Å². The van der Waals surface area contributed by atoms with Crippen molar-refractivity contribution in [1.82, 2.24) is 0 Å². The molecular formula is C17H26O4. The van der Waals surface area contributed by atoms with Crippen LogP contribution < -0.4 is 0 Å². The fourth-order valence-electron chi connectivity index (χ4n) is 4.33. The maximum atomic E-state index is 12.2. The van der Waals surface area contributed by atoms with Crippen molar-refractivity contribution in [3.8, 4) is 0 Å². The average Bonchev–Trinajstić information content (AvgIpc) is 2.75. The molecule has 0 heterocycles. The first-order valence-corrected chi connectivity index (χ1v) is 7.90. The highest BCUT2D eigenvalue weighted by molar-refractivity contribution is 5.79. The van der Waals surface area contributed by atoms with Gasteiger partial charge in [0.05, 0.1) is 6.61 Å². The molecule has 2 rings (SSSR count). The molecule has 0 aromatic carbocycles. The lowest BCUT2D eigenvalue weighted by Crippen LogP contribution is -2.41. The van der Waals surface area contributed by atoms with Crippen molar-refractivity contribution in [3.05, 3.63) is 12.2 Å². The maximum Gasteiger partial charge on any atom is 0.347 e. The largest absolute Gasteiger partial charge is 0.463 e. The number of hydrogen-bond acceptors (Lipinski definition) is 4. The summed E-state index contributed by atoms with van der Waals surface area (Å²) in [5.41, 5.74) is 1.39. The standard InChI is InChI=1S/C17H26O4/c1-5-20-16(19)15(21-12(3)18)13-8-10-17(4)9-6-7-11(2)14(13)17/h13-15H,2,5-10H2,1,3-4H3/t13-,14+,15-,17-/m0/s1. The monoisotopic (exact) mass is 294 g/mol. The molecule has 0 aromatic rings.